The Morgan fingerprint density at radius 3 is 2.52 bits per heavy atom. The smallest absolute Gasteiger partial charge is 0.255 e. The lowest BCUT2D eigenvalue weighted by molar-refractivity contribution is -0.120. The molecule has 1 aliphatic heterocycles. The van der Waals surface area contributed by atoms with Gasteiger partial charge >= 0.3 is 0 Å². The first-order valence-electron chi connectivity index (χ1n) is 7.80. The van der Waals surface area contributed by atoms with E-state index in [9.17, 15) is 9.59 Å². The molecular formula is C18H18BrN3O3. The van der Waals surface area contributed by atoms with Gasteiger partial charge in [-0.05, 0) is 35.4 Å². The van der Waals surface area contributed by atoms with Gasteiger partial charge in [-0.15, -0.1) is 0 Å². The number of hydrogen-bond acceptors (Lipinski definition) is 4. The van der Waals surface area contributed by atoms with Crippen molar-refractivity contribution < 1.29 is 14.3 Å². The number of benzene rings is 2. The van der Waals surface area contributed by atoms with Gasteiger partial charge in [0.2, 0.25) is 5.91 Å². The fourth-order valence-electron chi connectivity index (χ4n) is 2.73. The third kappa shape index (κ3) is 4.58. The molecule has 3 rings (SSSR count). The van der Waals surface area contributed by atoms with Gasteiger partial charge in [0.1, 0.15) is 11.9 Å². The molecule has 0 aromatic heterocycles. The Kier molecular flexibility index (Phi) is 5.35. The van der Waals surface area contributed by atoms with E-state index in [-0.39, 0.29) is 18.7 Å². The molecular weight excluding hydrogens is 386 g/mol. The molecule has 25 heavy (non-hydrogen) atoms. The molecule has 0 unspecified atom stereocenters. The molecule has 2 aromatic rings. The molecule has 0 bridgehead atoms. The lowest BCUT2D eigenvalue weighted by Crippen LogP contribution is -2.27. The average molecular weight is 404 g/mol. The maximum atomic E-state index is 11.9. The first-order chi connectivity index (χ1) is 12.0. The monoisotopic (exact) mass is 403 g/mol. The molecule has 1 heterocycles. The summed E-state index contributed by atoms with van der Waals surface area (Å²) in [7, 11) is 0. The number of hydrogen-bond donors (Lipinski definition) is 2. The van der Waals surface area contributed by atoms with Crippen LogP contribution in [0.5, 0.6) is 5.75 Å². The van der Waals surface area contributed by atoms with Crippen molar-refractivity contribution in [3.63, 3.8) is 0 Å². The number of primary amides is 1. The van der Waals surface area contributed by atoms with E-state index in [0.717, 1.165) is 15.6 Å². The lowest BCUT2D eigenvalue weighted by atomic mass is 10.1. The zero-order valence-corrected chi connectivity index (χ0v) is 15.0. The fourth-order valence-corrected chi connectivity index (χ4v) is 3.00. The molecule has 2 aromatic carbocycles. The van der Waals surface area contributed by atoms with Gasteiger partial charge in [-0.1, -0.05) is 40.2 Å². The number of amides is 2. The summed E-state index contributed by atoms with van der Waals surface area (Å²) < 4.78 is 6.28. The number of halogens is 1. The Balaban J connectivity index is 1.71. The zero-order valence-electron chi connectivity index (χ0n) is 13.4. The van der Waals surface area contributed by atoms with E-state index in [4.69, 9.17) is 10.5 Å². The predicted octanol–water partition coefficient (Wildman–Crippen LogP) is 1.94. The Morgan fingerprint density at radius 1 is 1.20 bits per heavy atom. The van der Waals surface area contributed by atoms with E-state index >= 15 is 0 Å². The van der Waals surface area contributed by atoms with Crippen LogP contribution in [0.15, 0.2) is 53.0 Å². The van der Waals surface area contributed by atoms with Crippen molar-refractivity contribution in [2.24, 2.45) is 5.73 Å². The molecule has 7 heteroatoms. The van der Waals surface area contributed by atoms with Crippen LogP contribution in [-0.2, 0) is 16.1 Å². The summed E-state index contributed by atoms with van der Waals surface area (Å²) in [5, 5.41) is 2.98. The van der Waals surface area contributed by atoms with Crippen LogP contribution in [0.2, 0.25) is 0 Å². The minimum atomic E-state index is -0.521. The molecule has 0 aliphatic carbocycles. The fraction of sp³-hybridized carbons (Fsp3) is 0.222. The molecule has 2 amide bonds. The van der Waals surface area contributed by atoms with Crippen molar-refractivity contribution in [3.05, 3.63) is 64.1 Å². The maximum absolute atomic E-state index is 11.9. The predicted molar refractivity (Wildman–Crippen MR) is 96.6 cm³/mol. The van der Waals surface area contributed by atoms with E-state index in [1.807, 2.05) is 36.4 Å². The van der Waals surface area contributed by atoms with E-state index in [1.54, 1.807) is 12.1 Å². The summed E-state index contributed by atoms with van der Waals surface area (Å²) >= 11 is 3.42. The summed E-state index contributed by atoms with van der Waals surface area (Å²) in [5.74, 6) is 0.0373. The highest BCUT2D eigenvalue weighted by atomic mass is 79.9. The van der Waals surface area contributed by atoms with Gasteiger partial charge in [0.05, 0.1) is 6.54 Å². The summed E-state index contributed by atoms with van der Waals surface area (Å²) in [6, 6.07) is 15.3. The van der Waals surface area contributed by atoms with Crippen molar-refractivity contribution in [1.82, 2.24) is 10.2 Å². The molecule has 1 atom stereocenters. The molecule has 1 saturated heterocycles. The van der Waals surface area contributed by atoms with Gasteiger partial charge < -0.3 is 15.8 Å². The second-order valence-electron chi connectivity index (χ2n) is 5.83. The molecule has 0 radical (unpaired) electrons. The van der Waals surface area contributed by atoms with Crippen LogP contribution >= 0.6 is 15.9 Å². The highest BCUT2D eigenvalue weighted by Crippen LogP contribution is 2.26. The Morgan fingerprint density at radius 2 is 1.88 bits per heavy atom. The van der Waals surface area contributed by atoms with E-state index in [0.29, 0.717) is 18.8 Å². The summed E-state index contributed by atoms with van der Waals surface area (Å²) in [4.78, 5) is 24.7. The van der Waals surface area contributed by atoms with Crippen LogP contribution in [0.4, 0.5) is 0 Å². The van der Waals surface area contributed by atoms with E-state index in [1.165, 1.54) is 0 Å². The largest absolute Gasteiger partial charge is 0.484 e. The average Bonchev–Trinajstić information content (AvgIpc) is 2.96. The van der Waals surface area contributed by atoms with Crippen LogP contribution in [0.1, 0.15) is 17.3 Å². The molecule has 0 saturated carbocycles. The molecule has 1 fully saturated rings. The molecule has 130 valence electrons. The molecule has 1 aliphatic rings. The normalized spacial score (nSPS) is 17.3. The van der Waals surface area contributed by atoms with Crippen LogP contribution in [0, 0.1) is 0 Å². The van der Waals surface area contributed by atoms with Crippen molar-refractivity contribution >= 4 is 27.7 Å². The second kappa shape index (κ2) is 7.67. The third-order valence-electron chi connectivity index (χ3n) is 3.89. The van der Waals surface area contributed by atoms with E-state index < -0.39 is 5.91 Å². The standard InChI is InChI=1S/C18H18BrN3O3/c19-14-5-1-12(2-6-14)9-22-10-17(24)21-18(22)13-3-7-15(8-4-13)25-11-16(20)23/h1-8,18H,9-11H2,(H2,20,23)(H,21,24)/t18-/m1/s1. The number of ether oxygens (including phenoxy) is 1. The first kappa shape index (κ1) is 17.4. The minimum Gasteiger partial charge on any atom is -0.484 e. The van der Waals surface area contributed by atoms with Gasteiger partial charge in [-0.3, -0.25) is 14.5 Å². The van der Waals surface area contributed by atoms with Crippen molar-refractivity contribution in [2.45, 2.75) is 12.7 Å². The number of nitrogens with zero attached hydrogens (tertiary/aromatic N) is 1. The number of nitrogens with two attached hydrogens (primary N) is 1. The number of carbonyl (C=O) groups is 2. The lowest BCUT2D eigenvalue weighted by Gasteiger charge is -2.23. The number of carbonyl (C=O) groups excluding carboxylic acids is 2. The SMILES string of the molecule is NC(=O)COc1ccc([C@@H]2NC(=O)CN2Cc2ccc(Br)cc2)cc1. The zero-order chi connectivity index (χ0) is 17.8. The van der Waals surface area contributed by atoms with Gasteiger partial charge in [-0.25, -0.2) is 0 Å². The Labute approximate surface area is 154 Å². The maximum Gasteiger partial charge on any atom is 0.255 e. The Hall–Kier alpha value is -2.38. The minimum absolute atomic E-state index is 0.00355. The summed E-state index contributed by atoms with van der Waals surface area (Å²) in [6.07, 6.45) is -0.193. The van der Waals surface area contributed by atoms with E-state index in [2.05, 4.69) is 26.1 Å². The highest BCUT2D eigenvalue weighted by Gasteiger charge is 2.30. The Bertz CT molecular complexity index is 762. The quantitative estimate of drug-likeness (QED) is 0.771. The highest BCUT2D eigenvalue weighted by molar-refractivity contribution is 9.10. The van der Waals surface area contributed by atoms with Gasteiger partial charge in [0, 0.05) is 11.0 Å². The topological polar surface area (TPSA) is 84.7 Å². The molecule has 3 N–H and O–H groups in total. The van der Waals surface area contributed by atoms with Gasteiger partial charge in [-0.2, -0.15) is 0 Å². The van der Waals surface area contributed by atoms with Crippen LogP contribution < -0.4 is 15.8 Å². The summed E-state index contributed by atoms with van der Waals surface area (Å²) in [6.45, 7) is 0.854. The van der Waals surface area contributed by atoms with Crippen molar-refractivity contribution in [2.75, 3.05) is 13.2 Å². The van der Waals surface area contributed by atoms with Crippen LogP contribution in [0.3, 0.4) is 0 Å². The van der Waals surface area contributed by atoms with Crippen molar-refractivity contribution in [3.8, 4) is 5.75 Å². The van der Waals surface area contributed by atoms with Crippen LogP contribution in [0.25, 0.3) is 0 Å². The van der Waals surface area contributed by atoms with Crippen molar-refractivity contribution in [1.29, 1.82) is 0 Å². The first-order valence-corrected chi connectivity index (χ1v) is 8.59. The number of nitrogens with one attached hydrogen (secondary N) is 1. The molecule has 6 nitrogen and oxygen atoms in total. The number of rotatable bonds is 6. The molecule has 0 spiro atoms. The van der Waals surface area contributed by atoms with Gasteiger partial charge in [0.25, 0.3) is 5.91 Å². The second-order valence-corrected chi connectivity index (χ2v) is 6.74. The third-order valence-corrected chi connectivity index (χ3v) is 4.41. The van der Waals surface area contributed by atoms with Gasteiger partial charge in [0.15, 0.2) is 6.61 Å². The van der Waals surface area contributed by atoms with Crippen LogP contribution in [-0.4, -0.2) is 29.9 Å². The summed E-state index contributed by atoms with van der Waals surface area (Å²) in [5.41, 5.74) is 7.15.